The first-order chi connectivity index (χ1) is 6.09. The second-order valence-corrected chi connectivity index (χ2v) is 4.24. The highest BCUT2D eigenvalue weighted by Gasteiger charge is 1.99. The van der Waals surface area contributed by atoms with Crippen molar-refractivity contribution in [2.75, 3.05) is 0 Å². The molecule has 0 saturated carbocycles. The van der Waals surface area contributed by atoms with Crippen molar-refractivity contribution in [2.45, 2.75) is 25.5 Å². The molecule has 0 aliphatic heterocycles. The Morgan fingerprint density at radius 2 is 2.15 bits per heavy atom. The van der Waals surface area contributed by atoms with Gasteiger partial charge >= 0.3 is 0 Å². The summed E-state index contributed by atoms with van der Waals surface area (Å²) in [5.41, 5.74) is 2.04. The normalized spacial score (nSPS) is 13.2. The Morgan fingerprint density at radius 3 is 2.69 bits per heavy atom. The average Bonchev–Trinajstić information content (AvgIpc) is 2.03. The highest BCUT2D eigenvalue weighted by molar-refractivity contribution is 7.78. The van der Waals surface area contributed by atoms with E-state index in [1.54, 1.807) is 0 Å². The zero-order chi connectivity index (χ0) is 9.84. The summed E-state index contributed by atoms with van der Waals surface area (Å²) in [7, 11) is 0. The molecule has 1 atom stereocenters. The molecule has 72 valence electrons. The molecule has 0 aliphatic carbocycles. The predicted octanol–water partition coefficient (Wildman–Crippen LogP) is 2.19. The van der Waals surface area contributed by atoms with Gasteiger partial charge in [-0.05, 0) is 17.0 Å². The van der Waals surface area contributed by atoms with Crippen molar-refractivity contribution in [1.82, 2.24) is 0 Å². The minimum Gasteiger partial charge on any atom is -0.772 e. The molecule has 13 heavy (non-hydrogen) atoms. The van der Waals surface area contributed by atoms with Crippen LogP contribution in [0.1, 0.15) is 30.9 Å². The van der Waals surface area contributed by atoms with E-state index in [0.717, 1.165) is 5.56 Å². The lowest BCUT2D eigenvalue weighted by atomic mass is 10.0. The van der Waals surface area contributed by atoms with Crippen LogP contribution in [0.25, 0.3) is 0 Å². The molecule has 0 radical (unpaired) electrons. The van der Waals surface area contributed by atoms with Crippen molar-refractivity contribution in [2.24, 2.45) is 0 Å². The van der Waals surface area contributed by atoms with Crippen molar-refractivity contribution < 1.29 is 8.76 Å². The van der Waals surface area contributed by atoms with Crippen LogP contribution in [-0.2, 0) is 16.8 Å². The van der Waals surface area contributed by atoms with E-state index >= 15 is 0 Å². The molecule has 0 aromatic heterocycles. The zero-order valence-corrected chi connectivity index (χ0v) is 8.64. The second kappa shape index (κ2) is 4.53. The summed E-state index contributed by atoms with van der Waals surface area (Å²) in [6.45, 7) is 4.18. The maximum absolute atomic E-state index is 10.4. The van der Waals surface area contributed by atoms with E-state index in [-0.39, 0.29) is 5.75 Å². The molecule has 0 heterocycles. The van der Waals surface area contributed by atoms with Crippen LogP contribution < -0.4 is 0 Å². The fourth-order valence-corrected chi connectivity index (χ4v) is 1.63. The molecule has 0 saturated heterocycles. The molecule has 0 amide bonds. The molecule has 0 bridgehead atoms. The van der Waals surface area contributed by atoms with Gasteiger partial charge in [-0.15, -0.1) is 0 Å². The summed E-state index contributed by atoms with van der Waals surface area (Å²) in [4.78, 5) is 0. The van der Waals surface area contributed by atoms with Gasteiger partial charge in [0.2, 0.25) is 0 Å². The Balaban J connectivity index is 2.85. The lowest BCUT2D eigenvalue weighted by Gasteiger charge is -2.09. The van der Waals surface area contributed by atoms with Gasteiger partial charge in [0.05, 0.1) is 0 Å². The number of rotatable bonds is 3. The van der Waals surface area contributed by atoms with Gasteiger partial charge in [-0.25, -0.2) is 0 Å². The lowest BCUT2D eigenvalue weighted by Crippen LogP contribution is -1.95. The quantitative estimate of drug-likeness (QED) is 0.697. The minimum absolute atomic E-state index is 0.112. The number of benzene rings is 1. The Labute approximate surface area is 81.3 Å². The van der Waals surface area contributed by atoms with Gasteiger partial charge in [0.1, 0.15) is 0 Å². The molecule has 1 aromatic rings. The standard InChI is InChI=1S/C10H14O2S/c1-8(2)10-5-3-4-9(6-10)7-13(11)12/h3-6,8H,7H2,1-2H3,(H,11,12)/p-1. The zero-order valence-electron chi connectivity index (χ0n) is 7.82. The third kappa shape index (κ3) is 3.28. The molecule has 0 aliphatic rings. The number of hydrogen-bond acceptors (Lipinski definition) is 2. The van der Waals surface area contributed by atoms with Crippen LogP contribution in [0.5, 0.6) is 0 Å². The minimum atomic E-state index is -1.99. The first-order valence-electron chi connectivity index (χ1n) is 4.24. The van der Waals surface area contributed by atoms with Gasteiger partial charge in [0.15, 0.2) is 0 Å². The first-order valence-corrected chi connectivity index (χ1v) is 5.48. The monoisotopic (exact) mass is 197 g/mol. The molecular weight excluding hydrogens is 184 g/mol. The lowest BCUT2D eigenvalue weighted by molar-refractivity contribution is 0.536. The first kappa shape index (κ1) is 10.4. The molecule has 1 aromatic carbocycles. The molecule has 1 rings (SSSR count). The topological polar surface area (TPSA) is 40.1 Å². The van der Waals surface area contributed by atoms with Crippen molar-refractivity contribution in [3.63, 3.8) is 0 Å². The highest BCUT2D eigenvalue weighted by atomic mass is 32.2. The van der Waals surface area contributed by atoms with E-state index < -0.39 is 11.1 Å². The van der Waals surface area contributed by atoms with Crippen LogP contribution in [0, 0.1) is 0 Å². The smallest absolute Gasteiger partial charge is 0.0353 e. The molecule has 3 heteroatoms. The summed E-state index contributed by atoms with van der Waals surface area (Å²) >= 11 is -1.99. The summed E-state index contributed by atoms with van der Waals surface area (Å²) in [6.07, 6.45) is 0. The van der Waals surface area contributed by atoms with Crippen molar-refractivity contribution in [3.05, 3.63) is 35.4 Å². The maximum atomic E-state index is 10.4. The summed E-state index contributed by atoms with van der Waals surface area (Å²) in [5.74, 6) is 0.556. The van der Waals surface area contributed by atoms with E-state index in [0.29, 0.717) is 5.92 Å². The largest absolute Gasteiger partial charge is 0.772 e. The van der Waals surface area contributed by atoms with Crippen molar-refractivity contribution in [3.8, 4) is 0 Å². The van der Waals surface area contributed by atoms with E-state index in [9.17, 15) is 8.76 Å². The third-order valence-corrected chi connectivity index (χ3v) is 2.47. The van der Waals surface area contributed by atoms with Gasteiger partial charge in [0, 0.05) is 5.75 Å². The summed E-state index contributed by atoms with van der Waals surface area (Å²) in [6, 6.07) is 7.70. The van der Waals surface area contributed by atoms with Gasteiger partial charge in [0.25, 0.3) is 0 Å². The predicted molar refractivity (Wildman–Crippen MR) is 53.2 cm³/mol. The van der Waals surface area contributed by atoms with Gasteiger partial charge in [-0.1, -0.05) is 49.2 Å². The van der Waals surface area contributed by atoms with Crippen molar-refractivity contribution in [1.29, 1.82) is 0 Å². The van der Waals surface area contributed by atoms with E-state index in [1.807, 2.05) is 24.3 Å². The van der Waals surface area contributed by atoms with Crippen LogP contribution in [0.3, 0.4) is 0 Å². The van der Waals surface area contributed by atoms with Crippen LogP contribution in [0.2, 0.25) is 0 Å². The molecular formula is C10H13O2S-. The SMILES string of the molecule is CC(C)c1cccc(CS(=O)[O-])c1. The van der Waals surface area contributed by atoms with Crippen LogP contribution in [0.4, 0.5) is 0 Å². The molecule has 0 fully saturated rings. The molecule has 0 N–H and O–H groups in total. The van der Waals surface area contributed by atoms with Gasteiger partial charge in [-0.2, -0.15) is 0 Å². The molecule has 0 spiro atoms. The Kier molecular flexibility index (Phi) is 3.63. The van der Waals surface area contributed by atoms with E-state index in [2.05, 4.69) is 13.8 Å². The van der Waals surface area contributed by atoms with Gasteiger partial charge < -0.3 is 4.55 Å². The summed E-state index contributed by atoms with van der Waals surface area (Å²) < 4.78 is 20.9. The molecule has 1 unspecified atom stereocenters. The van der Waals surface area contributed by atoms with Crippen molar-refractivity contribution >= 4 is 11.1 Å². The fourth-order valence-electron chi connectivity index (χ4n) is 1.18. The van der Waals surface area contributed by atoms with Crippen LogP contribution >= 0.6 is 0 Å². The fraction of sp³-hybridized carbons (Fsp3) is 0.400. The van der Waals surface area contributed by atoms with Gasteiger partial charge in [-0.3, -0.25) is 4.21 Å². The Bertz CT molecular complexity index is 308. The maximum Gasteiger partial charge on any atom is 0.0353 e. The van der Waals surface area contributed by atoms with E-state index in [1.165, 1.54) is 5.56 Å². The third-order valence-electron chi connectivity index (χ3n) is 1.90. The molecule has 2 nitrogen and oxygen atoms in total. The second-order valence-electron chi connectivity index (χ2n) is 3.35. The highest BCUT2D eigenvalue weighted by Crippen LogP contribution is 2.16. The summed E-state index contributed by atoms with van der Waals surface area (Å²) in [5, 5.41) is 0. The Morgan fingerprint density at radius 1 is 1.46 bits per heavy atom. The van der Waals surface area contributed by atoms with Crippen LogP contribution in [0.15, 0.2) is 24.3 Å². The number of hydrogen-bond donors (Lipinski definition) is 0. The average molecular weight is 197 g/mol. The Hall–Kier alpha value is -0.670. The van der Waals surface area contributed by atoms with Crippen LogP contribution in [-0.4, -0.2) is 8.76 Å². The van der Waals surface area contributed by atoms with E-state index in [4.69, 9.17) is 0 Å².